The molecule has 0 saturated carbocycles. The molecule has 0 aromatic heterocycles. The van der Waals surface area contributed by atoms with Crippen molar-refractivity contribution in [1.29, 1.82) is 0 Å². The maximum Gasteiger partial charge on any atom is 0.422 e. The number of benzene rings is 1. The Morgan fingerprint density at radius 3 is 2.45 bits per heavy atom. The third-order valence-electron chi connectivity index (χ3n) is 4.45. The Morgan fingerprint density at radius 2 is 1.83 bits per heavy atom. The minimum atomic E-state index is -4.58. The molecule has 2 rings (SSSR count). The van der Waals surface area contributed by atoms with Gasteiger partial charge in [-0.25, -0.2) is 4.79 Å². The highest BCUT2D eigenvalue weighted by Gasteiger charge is 2.33. The van der Waals surface area contributed by atoms with Crippen LogP contribution in [0, 0.1) is 5.92 Å². The summed E-state index contributed by atoms with van der Waals surface area (Å²) in [5, 5.41) is 5.50. The number of halogens is 3. The number of piperidine rings is 1. The number of rotatable bonds is 6. The molecule has 1 aromatic rings. The predicted molar refractivity (Wildman–Crippen MR) is 99.4 cm³/mol. The first-order chi connectivity index (χ1) is 13.7. The van der Waals surface area contributed by atoms with Gasteiger partial charge >= 0.3 is 12.3 Å². The summed E-state index contributed by atoms with van der Waals surface area (Å²) in [5.41, 5.74) is 0.737. The second-order valence-electron chi connectivity index (χ2n) is 6.72. The van der Waals surface area contributed by atoms with Crippen LogP contribution >= 0.6 is 0 Å². The van der Waals surface area contributed by atoms with E-state index in [1.165, 1.54) is 0 Å². The fraction of sp³-hybridized carbons (Fsp3) is 0.526. The molecule has 1 fully saturated rings. The van der Waals surface area contributed by atoms with Gasteiger partial charge in [0.15, 0.2) is 6.61 Å². The summed E-state index contributed by atoms with van der Waals surface area (Å²) in [6, 6.07) is 6.63. The van der Waals surface area contributed by atoms with E-state index >= 15 is 0 Å². The average Bonchev–Trinajstić information content (AvgIpc) is 2.70. The highest BCUT2D eigenvalue weighted by Crippen LogP contribution is 2.22. The highest BCUT2D eigenvalue weighted by atomic mass is 19.4. The summed E-state index contributed by atoms with van der Waals surface area (Å²) in [5.74, 6) is -1.01. The summed E-state index contributed by atoms with van der Waals surface area (Å²) in [4.78, 5) is 37.6. The van der Waals surface area contributed by atoms with E-state index in [-0.39, 0.29) is 37.7 Å². The normalized spacial score (nSPS) is 15.0. The molecule has 1 aliphatic heterocycles. The molecule has 0 aliphatic carbocycles. The zero-order valence-electron chi connectivity index (χ0n) is 16.1. The van der Waals surface area contributed by atoms with Crippen molar-refractivity contribution >= 4 is 23.6 Å². The number of alkyl halides is 3. The van der Waals surface area contributed by atoms with E-state index in [1.54, 1.807) is 24.3 Å². The van der Waals surface area contributed by atoms with Crippen LogP contribution in [0.25, 0.3) is 0 Å². The van der Waals surface area contributed by atoms with Crippen LogP contribution in [-0.2, 0) is 9.53 Å². The lowest BCUT2D eigenvalue weighted by molar-refractivity contribution is -0.162. The van der Waals surface area contributed by atoms with Crippen molar-refractivity contribution in [2.24, 2.45) is 5.92 Å². The van der Waals surface area contributed by atoms with Crippen molar-refractivity contribution in [2.75, 3.05) is 31.6 Å². The van der Waals surface area contributed by atoms with Crippen LogP contribution in [0.2, 0.25) is 0 Å². The Labute approximate surface area is 166 Å². The van der Waals surface area contributed by atoms with Gasteiger partial charge in [-0.05, 0) is 31.4 Å². The van der Waals surface area contributed by atoms with Crippen molar-refractivity contribution < 1.29 is 32.3 Å². The minimum Gasteiger partial charge on any atom is -0.440 e. The Balaban J connectivity index is 1.89. The lowest BCUT2D eigenvalue weighted by Gasteiger charge is -2.30. The quantitative estimate of drug-likeness (QED) is 0.747. The van der Waals surface area contributed by atoms with Gasteiger partial charge in [0, 0.05) is 25.6 Å². The number of hydrogen-bond donors (Lipinski definition) is 2. The van der Waals surface area contributed by atoms with Crippen LogP contribution in [0.4, 0.5) is 23.7 Å². The molecule has 0 spiro atoms. The second-order valence-corrected chi connectivity index (χ2v) is 6.72. The first-order valence-electron chi connectivity index (χ1n) is 9.37. The molecule has 3 amide bonds. The van der Waals surface area contributed by atoms with Crippen LogP contribution in [0.15, 0.2) is 24.3 Å². The number of hydrogen-bond acceptors (Lipinski definition) is 4. The number of carbonyl (C=O) groups excluding carboxylic acids is 3. The maximum absolute atomic E-state index is 12.6. The topological polar surface area (TPSA) is 87.7 Å². The third-order valence-corrected chi connectivity index (χ3v) is 4.45. The number of anilines is 1. The zero-order chi connectivity index (χ0) is 21.4. The number of nitrogens with zero attached hydrogens (tertiary/aromatic N) is 1. The molecule has 29 heavy (non-hydrogen) atoms. The van der Waals surface area contributed by atoms with Gasteiger partial charge in [-0.15, -0.1) is 0 Å². The number of amides is 3. The van der Waals surface area contributed by atoms with Crippen LogP contribution in [0.5, 0.6) is 0 Å². The number of para-hydroxylation sites is 1. The molecule has 1 heterocycles. The first-order valence-corrected chi connectivity index (χ1v) is 9.37. The van der Waals surface area contributed by atoms with Crippen molar-refractivity contribution in [3.63, 3.8) is 0 Å². The van der Waals surface area contributed by atoms with Crippen LogP contribution < -0.4 is 10.6 Å². The molecule has 7 nitrogen and oxygen atoms in total. The molecule has 160 valence electrons. The van der Waals surface area contributed by atoms with Gasteiger partial charge in [-0.1, -0.05) is 19.1 Å². The van der Waals surface area contributed by atoms with Crippen molar-refractivity contribution in [3.05, 3.63) is 29.8 Å². The molecule has 1 aromatic carbocycles. The Kier molecular flexibility index (Phi) is 7.86. The largest absolute Gasteiger partial charge is 0.440 e. The van der Waals surface area contributed by atoms with Crippen molar-refractivity contribution in [3.8, 4) is 0 Å². The van der Waals surface area contributed by atoms with E-state index in [4.69, 9.17) is 0 Å². The van der Waals surface area contributed by atoms with Crippen molar-refractivity contribution in [1.82, 2.24) is 10.2 Å². The molecule has 0 bridgehead atoms. The summed E-state index contributed by atoms with van der Waals surface area (Å²) in [6.45, 7) is 1.05. The van der Waals surface area contributed by atoms with Crippen LogP contribution in [0.3, 0.4) is 0 Å². The zero-order valence-corrected chi connectivity index (χ0v) is 16.1. The maximum atomic E-state index is 12.6. The molecule has 0 atom stereocenters. The van der Waals surface area contributed by atoms with E-state index < -0.39 is 24.8 Å². The number of ether oxygens (including phenoxy) is 1. The Hall–Kier alpha value is -2.78. The summed E-state index contributed by atoms with van der Waals surface area (Å²) in [6.07, 6.45) is -4.26. The fourth-order valence-corrected chi connectivity index (χ4v) is 2.92. The SMILES string of the molecule is CCCNC(=O)c1ccccc1NC(=O)C1CCN(C(=O)OCC(F)(F)F)CC1. The van der Waals surface area contributed by atoms with Gasteiger partial charge < -0.3 is 20.3 Å². The molecule has 0 radical (unpaired) electrons. The van der Waals surface area contributed by atoms with Crippen LogP contribution in [0.1, 0.15) is 36.5 Å². The molecule has 10 heteroatoms. The summed E-state index contributed by atoms with van der Waals surface area (Å²) in [7, 11) is 0. The first kappa shape index (κ1) is 22.5. The van der Waals surface area contributed by atoms with Gasteiger partial charge in [0.05, 0.1) is 11.3 Å². The average molecular weight is 415 g/mol. The number of likely N-dealkylation sites (tertiary alicyclic amines) is 1. The molecule has 1 aliphatic rings. The van der Waals surface area contributed by atoms with Gasteiger partial charge in [0.25, 0.3) is 5.91 Å². The number of carbonyl (C=O) groups is 3. The standard InChI is InChI=1S/C19H24F3N3O4/c1-2-9-23-17(27)14-5-3-4-6-15(14)24-16(26)13-7-10-25(11-8-13)18(28)29-12-19(20,21)22/h3-6,13H,2,7-12H2,1H3,(H,23,27)(H,24,26). The van der Waals surface area contributed by atoms with E-state index in [9.17, 15) is 27.6 Å². The summed E-state index contributed by atoms with van der Waals surface area (Å²) >= 11 is 0. The molecule has 0 unspecified atom stereocenters. The van der Waals surface area contributed by atoms with E-state index in [0.29, 0.717) is 17.8 Å². The molecule has 1 saturated heterocycles. The second kappa shape index (κ2) is 10.1. The van der Waals surface area contributed by atoms with Gasteiger partial charge in [-0.2, -0.15) is 13.2 Å². The van der Waals surface area contributed by atoms with E-state index in [2.05, 4.69) is 15.4 Å². The van der Waals surface area contributed by atoms with Gasteiger partial charge in [0.2, 0.25) is 5.91 Å². The van der Waals surface area contributed by atoms with E-state index in [0.717, 1.165) is 11.3 Å². The summed E-state index contributed by atoms with van der Waals surface area (Å²) < 4.78 is 40.6. The minimum absolute atomic E-state index is 0.118. The smallest absolute Gasteiger partial charge is 0.422 e. The van der Waals surface area contributed by atoms with E-state index in [1.807, 2.05) is 6.92 Å². The van der Waals surface area contributed by atoms with Gasteiger partial charge in [-0.3, -0.25) is 9.59 Å². The third kappa shape index (κ3) is 6.95. The lowest BCUT2D eigenvalue weighted by Crippen LogP contribution is -2.42. The fourth-order valence-electron chi connectivity index (χ4n) is 2.92. The van der Waals surface area contributed by atoms with Crippen LogP contribution in [-0.4, -0.2) is 55.2 Å². The number of nitrogens with one attached hydrogen (secondary N) is 2. The van der Waals surface area contributed by atoms with Gasteiger partial charge in [0.1, 0.15) is 0 Å². The Bertz CT molecular complexity index is 732. The van der Waals surface area contributed by atoms with Crippen molar-refractivity contribution in [2.45, 2.75) is 32.4 Å². The molecular formula is C19H24F3N3O4. The highest BCUT2D eigenvalue weighted by molar-refractivity contribution is 6.04. The molecular weight excluding hydrogens is 391 g/mol. The Morgan fingerprint density at radius 1 is 1.17 bits per heavy atom. The lowest BCUT2D eigenvalue weighted by atomic mass is 9.96. The predicted octanol–water partition coefficient (Wildman–Crippen LogP) is 3.18. The monoisotopic (exact) mass is 415 g/mol. The molecule has 2 N–H and O–H groups in total.